The largest absolute Gasteiger partial charge is 0.493 e. The van der Waals surface area contributed by atoms with Gasteiger partial charge in [-0.05, 0) is 72.2 Å². The minimum Gasteiger partial charge on any atom is -0.493 e. The standard InChI is InChI=1S/C36H30Br2N2O6S/c1-5-45-35(42)32-20(2)39-36-40(33(32)26-16-29(43-3)30(44-4)18-27(26)38)34(41)31(47-36)17-25-24-9-7-6-8-22(24)12-15-28(25)46-19-21-10-13-23(37)14-11-21/h6-18,33H,5,19H2,1-4H3/b31-17-/t33-/m1/s1. The van der Waals surface area contributed by atoms with E-state index in [0.29, 0.717) is 48.9 Å². The van der Waals surface area contributed by atoms with Crippen LogP contribution in [0.2, 0.25) is 0 Å². The van der Waals surface area contributed by atoms with Crippen LogP contribution in [0.5, 0.6) is 17.2 Å². The number of carbonyl (C=O) groups excluding carboxylic acids is 1. The zero-order valence-electron chi connectivity index (χ0n) is 26.0. The molecule has 0 aliphatic carbocycles. The molecule has 0 amide bonds. The van der Waals surface area contributed by atoms with Crippen LogP contribution in [-0.4, -0.2) is 31.4 Å². The van der Waals surface area contributed by atoms with Crippen molar-refractivity contribution in [2.45, 2.75) is 26.5 Å². The van der Waals surface area contributed by atoms with Crippen LogP contribution in [0.1, 0.15) is 36.6 Å². The average molecular weight is 779 g/mol. The Hall–Kier alpha value is -4.19. The van der Waals surface area contributed by atoms with Crippen LogP contribution in [0.25, 0.3) is 16.8 Å². The molecule has 1 aliphatic rings. The molecule has 0 N–H and O–H groups in total. The number of halogens is 2. The Morgan fingerprint density at radius 3 is 2.43 bits per heavy atom. The molecule has 5 aromatic rings. The highest BCUT2D eigenvalue weighted by atomic mass is 79.9. The molecule has 2 heterocycles. The van der Waals surface area contributed by atoms with E-state index in [1.807, 2.05) is 66.7 Å². The Labute approximate surface area is 291 Å². The quantitative estimate of drug-likeness (QED) is 0.149. The Morgan fingerprint density at radius 1 is 0.979 bits per heavy atom. The first-order valence-electron chi connectivity index (χ1n) is 14.7. The molecule has 240 valence electrons. The van der Waals surface area contributed by atoms with E-state index in [0.717, 1.165) is 26.4 Å². The number of methoxy groups -OCH3 is 2. The number of carbonyl (C=O) groups is 1. The molecule has 8 nitrogen and oxygen atoms in total. The fourth-order valence-electron chi connectivity index (χ4n) is 5.59. The molecule has 0 unspecified atom stereocenters. The van der Waals surface area contributed by atoms with Crippen LogP contribution in [0.4, 0.5) is 0 Å². The van der Waals surface area contributed by atoms with Crippen molar-refractivity contribution < 1.29 is 23.7 Å². The van der Waals surface area contributed by atoms with Gasteiger partial charge in [0.25, 0.3) is 5.56 Å². The summed E-state index contributed by atoms with van der Waals surface area (Å²) in [5.74, 6) is 1.04. The van der Waals surface area contributed by atoms with Crippen molar-refractivity contribution in [1.29, 1.82) is 0 Å². The molecule has 6 rings (SSSR count). The molecular weight excluding hydrogens is 748 g/mol. The van der Waals surface area contributed by atoms with Gasteiger partial charge in [-0.25, -0.2) is 9.79 Å². The van der Waals surface area contributed by atoms with E-state index in [2.05, 4.69) is 31.9 Å². The number of aromatic nitrogens is 1. The second-order valence-corrected chi connectivity index (χ2v) is 13.4. The third kappa shape index (κ3) is 6.39. The Bertz CT molecular complexity index is 2220. The van der Waals surface area contributed by atoms with Crippen molar-refractivity contribution in [3.63, 3.8) is 0 Å². The monoisotopic (exact) mass is 776 g/mol. The summed E-state index contributed by atoms with van der Waals surface area (Å²) in [7, 11) is 3.08. The fraction of sp³-hybridized carbons (Fsp3) is 0.194. The van der Waals surface area contributed by atoms with Crippen LogP contribution < -0.4 is 29.1 Å². The number of esters is 1. The van der Waals surface area contributed by atoms with Gasteiger partial charge in [-0.2, -0.15) is 0 Å². The first kappa shape index (κ1) is 32.7. The van der Waals surface area contributed by atoms with Gasteiger partial charge in [0.2, 0.25) is 0 Å². The second kappa shape index (κ2) is 13.9. The molecular formula is C36H30Br2N2O6S. The number of thiazole rings is 1. The zero-order valence-corrected chi connectivity index (χ0v) is 30.0. The van der Waals surface area contributed by atoms with Crippen LogP contribution in [0.15, 0.2) is 103 Å². The molecule has 0 saturated carbocycles. The van der Waals surface area contributed by atoms with Crippen LogP contribution >= 0.6 is 43.2 Å². The van der Waals surface area contributed by atoms with Gasteiger partial charge in [-0.3, -0.25) is 9.36 Å². The number of allylic oxidation sites excluding steroid dienone is 1. The molecule has 1 aromatic heterocycles. The highest BCUT2D eigenvalue weighted by Crippen LogP contribution is 2.41. The lowest BCUT2D eigenvalue weighted by Gasteiger charge is -2.26. The van der Waals surface area contributed by atoms with Gasteiger partial charge >= 0.3 is 5.97 Å². The van der Waals surface area contributed by atoms with Gasteiger partial charge in [0, 0.05) is 14.5 Å². The van der Waals surface area contributed by atoms with E-state index in [-0.39, 0.29) is 17.7 Å². The predicted octanol–water partition coefficient (Wildman–Crippen LogP) is 7.07. The zero-order chi connectivity index (χ0) is 33.2. The van der Waals surface area contributed by atoms with Gasteiger partial charge in [0.05, 0.1) is 42.7 Å². The number of nitrogens with zero attached hydrogens (tertiary/aromatic N) is 2. The third-order valence-corrected chi connectivity index (χ3v) is 10.0. The molecule has 0 spiro atoms. The highest BCUT2D eigenvalue weighted by molar-refractivity contribution is 9.10. The van der Waals surface area contributed by atoms with Gasteiger partial charge in [0.15, 0.2) is 16.3 Å². The van der Waals surface area contributed by atoms with Crippen LogP contribution in [0, 0.1) is 0 Å². The Balaban J connectivity index is 1.55. The van der Waals surface area contributed by atoms with Crippen molar-refractivity contribution in [3.8, 4) is 17.2 Å². The minimum atomic E-state index is -0.845. The summed E-state index contributed by atoms with van der Waals surface area (Å²) in [6.45, 7) is 4.02. The lowest BCUT2D eigenvalue weighted by atomic mass is 9.95. The van der Waals surface area contributed by atoms with Gasteiger partial charge in [-0.1, -0.05) is 85.7 Å². The van der Waals surface area contributed by atoms with Gasteiger partial charge in [-0.15, -0.1) is 0 Å². The summed E-state index contributed by atoms with van der Waals surface area (Å²) in [6.07, 6.45) is 1.85. The lowest BCUT2D eigenvalue weighted by molar-refractivity contribution is -0.139. The second-order valence-electron chi connectivity index (χ2n) is 10.6. The summed E-state index contributed by atoms with van der Waals surface area (Å²) in [6, 6.07) is 22.5. The molecule has 1 atom stereocenters. The van der Waals surface area contributed by atoms with E-state index in [1.54, 1.807) is 37.7 Å². The normalized spacial score (nSPS) is 14.5. The molecule has 11 heteroatoms. The highest BCUT2D eigenvalue weighted by Gasteiger charge is 2.35. The first-order chi connectivity index (χ1) is 22.7. The van der Waals surface area contributed by atoms with Crippen molar-refractivity contribution in [1.82, 2.24) is 4.57 Å². The molecule has 1 aliphatic heterocycles. The summed E-state index contributed by atoms with van der Waals surface area (Å²) in [4.78, 5) is 33.1. The smallest absolute Gasteiger partial charge is 0.338 e. The summed E-state index contributed by atoms with van der Waals surface area (Å²) in [5, 5.41) is 1.95. The van der Waals surface area contributed by atoms with E-state index >= 15 is 0 Å². The molecule has 0 bridgehead atoms. The first-order valence-corrected chi connectivity index (χ1v) is 17.1. The maximum atomic E-state index is 14.5. The Kier molecular flexibility index (Phi) is 9.67. The summed E-state index contributed by atoms with van der Waals surface area (Å²) < 4.78 is 26.5. The predicted molar refractivity (Wildman–Crippen MR) is 190 cm³/mol. The molecule has 47 heavy (non-hydrogen) atoms. The number of hydrogen-bond acceptors (Lipinski definition) is 8. The minimum absolute atomic E-state index is 0.171. The summed E-state index contributed by atoms with van der Waals surface area (Å²) >= 11 is 8.39. The van der Waals surface area contributed by atoms with Gasteiger partial charge in [0.1, 0.15) is 12.4 Å². The molecule has 4 aromatic carbocycles. The number of hydrogen-bond donors (Lipinski definition) is 0. The summed E-state index contributed by atoms with van der Waals surface area (Å²) in [5.41, 5.74) is 2.83. The van der Waals surface area contributed by atoms with Crippen molar-refractivity contribution in [3.05, 3.63) is 129 Å². The van der Waals surface area contributed by atoms with Crippen molar-refractivity contribution in [2.75, 3.05) is 20.8 Å². The topological polar surface area (TPSA) is 88.4 Å². The van der Waals surface area contributed by atoms with Crippen molar-refractivity contribution >= 4 is 66.0 Å². The van der Waals surface area contributed by atoms with Crippen LogP contribution in [0.3, 0.4) is 0 Å². The van der Waals surface area contributed by atoms with Gasteiger partial charge < -0.3 is 18.9 Å². The third-order valence-electron chi connectivity index (χ3n) is 7.83. The maximum absolute atomic E-state index is 14.5. The number of rotatable bonds is 9. The van der Waals surface area contributed by atoms with Crippen LogP contribution in [-0.2, 0) is 16.1 Å². The number of benzene rings is 4. The van der Waals surface area contributed by atoms with E-state index < -0.39 is 12.0 Å². The number of fused-ring (bicyclic) bond motifs is 2. The molecule has 0 saturated heterocycles. The van der Waals surface area contributed by atoms with Crippen molar-refractivity contribution in [2.24, 2.45) is 4.99 Å². The SMILES string of the molecule is CCOC(=O)C1=C(C)N=c2s/c(=C\c3c(OCc4ccc(Br)cc4)ccc4ccccc34)c(=O)n2[C@@H]1c1cc(OC)c(OC)cc1Br. The lowest BCUT2D eigenvalue weighted by Crippen LogP contribution is -2.40. The average Bonchev–Trinajstić information content (AvgIpc) is 3.38. The maximum Gasteiger partial charge on any atom is 0.338 e. The van der Waals surface area contributed by atoms with E-state index in [9.17, 15) is 9.59 Å². The fourth-order valence-corrected chi connectivity index (χ4v) is 7.42. The number of ether oxygens (including phenoxy) is 4. The molecule has 0 fully saturated rings. The molecule has 0 radical (unpaired) electrons. The van der Waals surface area contributed by atoms with E-state index in [4.69, 9.17) is 23.9 Å². The Morgan fingerprint density at radius 2 is 1.70 bits per heavy atom. The van der Waals surface area contributed by atoms with E-state index in [1.165, 1.54) is 18.4 Å².